The third-order valence-corrected chi connectivity index (χ3v) is 8.40. The Morgan fingerprint density at radius 3 is 2.33 bits per heavy atom. The Morgan fingerprint density at radius 1 is 1.00 bits per heavy atom. The summed E-state index contributed by atoms with van der Waals surface area (Å²) in [6, 6.07) is 11.1. The van der Waals surface area contributed by atoms with Crippen LogP contribution in [0.2, 0.25) is 0 Å². The summed E-state index contributed by atoms with van der Waals surface area (Å²) < 4.78 is 31.6. The molecule has 39 heavy (non-hydrogen) atoms. The van der Waals surface area contributed by atoms with Gasteiger partial charge in [0.15, 0.2) is 5.69 Å². The van der Waals surface area contributed by atoms with Crippen LogP contribution in [0.4, 0.5) is 5.69 Å². The highest BCUT2D eigenvalue weighted by atomic mass is 16.5. The van der Waals surface area contributed by atoms with Crippen LogP contribution >= 0.6 is 0 Å². The average molecular weight is 539 g/mol. The highest BCUT2D eigenvalue weighted by Gasteiger charge is 2.44. The van der Waals surface area contributed by atoms with E-state index >= 15 is 0 Å². The van der Waals surface area contributed by atoms with Gasteiger partial charge in [0, 0.05) is 25.9 Å². The monoisotopic (exact) mass is 538 g/mol. The van der Waals surface area contributed by atoms with Gasteiger partial charge in [-0.15, -0.1) is 0 Å². The number of benzene rings is 1. The van der Waals surface area contributed by atoms with E-state index in [1.807, 2.05) is 12.1 Å². The summed E-state index contributed by atoms with van der Waals surface area (Å²) in [7, 11) is 7.52. The Hall–Kier alpha value is -2.65. The smallest absolute Gasteiger partial charge is 0.182 e. The molecule has 1 saturated heterocycles. The zero-order valence-electron chi connectivity index (χ0n) is 24.2. The molecule has 8 nitrogen and oxygen atoms in total. The van der Waals surface area contributed by atoms with E-state index in [-0.39, 0.29) is 0 Å². The quantitative estimate of drug-likeness (QED) is 0.218. The number of aromatic nitrogens is 2. The van der Waals surface area contributed by atoms with Crippen LogP contribution in [0.5, 0.6) is 11.5 Å². The molecular weight excluding hydrogens is 494 g/mol. The standard InChI is InChI=1S/C31H44N3O5/c1-6-25-31(34(2,20-22-10-11-22)24-12-14-38-15-13-24)27-9-7-8-26(33(27)32-25)30-28(36-4)18-23(19-29(30)37-5)21-39-17-16-35-3/h7-9,18-19,22,24H,6,10-17,20-21H2,1-5H3/q+1. The summed E-state index contributed by atoms with van der Waals surface area (Å²) in [4.78, 5) is 0. The van der Waals surface area contributed by atoms with Gasteiger partial charge in [-0.1, -0.05) is 13.0 Å². The molecule has 0 radical (unpaired) electrons. The van der Waals surface area contributed by atoms with Crippen molar-refractivity contribution in [2.45, 2.75) is 51.7 Å². The number of fused-ring (bicyclic) bond motifs is 1. The number of rotatable bonds is 13. The first-order chi connectivity index (χ1) is 19.0. The number of hydrogen-bond donors (Lipinski definition) is 0. The highest BCUT2D eigenvalue weighted by molar-refractivity contribution is 5.82. The third-order valence-electron chi connectivity index (χ3n) is 8.40. The molecule has 0 N–H and O–H groups in total. The molecule has 5 rings (SSSR count). The molecule has 3 aromatic rings. The van der Waals surface area contributed by atoms with Gasteiger partial charge in [-0.05, 0) is 49.1 Å². The number of aryl methyl sites for hydroxylation is 1. The Bertz CT molecular complexity index is 1240. The maximum Gasteiger partial charge on any atom is 0.182 e. The zero-order chi connectivity index (χ0) is 27.4. The topological polar surface area (TPSA) is 63.5 Å². The predicted octanol–water partition coefficient (Wildman–Crippen LogP) is 5.27. The summed E-state index contributed by atoms with van der Waals surface area (Å²) in [5.41, 5.74) is 6.52. The zero-order valence-corrected chi connectivity index (χ0v) is 24.2. The predicted molar refractivity (Wildman–Crippen MR) is 154 cm³/mol. The number of quaternary nitrogens is 1. The fraction of sp³-hybridized carbons (Fsp3) is 0.581. The lowest BCUT2D eigenvalue weighted by atomic mass is 10.0. The second-order valence-electron chi connectivity index (χ2n) is 11.0. The van der Waals surface area contributed by atoms with Crippen molar-refractivity contribution in [2.24, 2.45) is 5.92 Å². The van der Waals surface area contributed by atoms with Crippen LogP contribution in [-0.2, 0) is 27.2 Å². The second-order valence-corrected chi connectivity index (χ2v) is 11.0. The van der Waals surface area contributed by atoms with Crippen LogP contribution in [-0.4, -0.2) is 77.0 Å². The van der Waals surface area contributed by atoms with Gasteiger partial charge in [-0.3, -0.25) is 4.48 Å². The normalized spacial score (nSPS) is 17.9. The second kappa shape index (κ2) is 12.3. The van der Waals surface area contributed by atoms with Crippen molar-refractivity contribution in [2.75, 3.05) is 61.3 Å². The van der Waals surface area contributed by atoms with Crippen molar-refractivity contribution in [1.29, 1.82) is 0 Å². The van der Waals surface area contributed by atoms with Crippen molar-refractivity contribution in [3.63, 3.8) is 0 Å². The molecule has 8 heteroatoms. The molecule has 1 saturated carbocycles. The SMILES string of the molecule is CCc1nn2c(-c3c(OC)cc(COCCOC)cc3OC)cccc2c1[N+](C)(CC1CC1)C1CCOCC1. The lowest BCUT2D eigenvalue weighted by Gasteiger charge is -2.43. The lowest BCUT2D eigenvalue weighted by molar-refractivity contribution is 0.0436. The van der Waals surface area contributed by atoms with Gasteiger partial charge in [0.05, 0.1) is 78.1 Å². The molecule has 1 aromatic carbocycles. The Balaban J connectivity index is 1.63. The van der Waals surface area contributed by atoms with Crippen LogP contribution in [0, 0.1) is 5.92 Å². The van der Waals surface area contributed by atoms with E-state index in [1.165, 1.54) is 18.5 Å². The molecule has 2 aliphatic rings. The maximum atomic E-state index is 5.93. The average Bonchev–Trinajstić information content (AvgIpc) is 3.70. The summed E-state index contributed by atoms with van der Waals surface area (Å²) in [6.45, 7) is 6.60. The van der Waals surface area contributed by atoms with E-state index in [4.69, 9.17) is 28.8 Å². The first-order valence-corrected chi connectivity index (χ1v) is 14.3. The van der Waals surface area contributed by atoms with Gasteiger partial charge in [-0.2, -0.15) is 5.10 Å². The van der Waals surface area contributed by atoms with Gasteiger partial charge in [0.25, 0.3) is 0 Å². The van der Waals surface area contributed by atoms with Gasteiger partial charge >= 0.3 is 0 Å². The van der Waals surface area contributed by atoms with E-state index in [2.05, 4.69) is 36.7 Å². The van der Waals surface area contributed by atoms with Gasteiger partial charge in [0.1, 0.15) is 22.7 Å². The minimum Gasteiger partial charge on any atom is -0.496 e. The third kappa shape index (κ3) is 5.66. The minimum atomic E-state index is 0.453. The maximum absolute atomic E-state index is 5.93. The highest BCUT2D eigenvalue weighted by Crippen LogP contribution is 2.45. The van der Waals surface area contributed by atoms with Crippen molar-refractivity contribution in [1.82, 2.24) is 14.1 Å². The van der Waals surface area contributed by atoms with Crippen LogP contribution in [0.15, 0.2) is 30.3 Å². The summed E-state index contributed by atoms with van der Waals surface area (Å²) in [5, 5.41) is 5.26. The largest absolute Gasteiger partial charge is 0.496 e. The van der Waals surface area contributed by atoms with Crippen molar-refractivity contribution in [3.8, 4) is 22.8 Å². The first kappa shape index (κ1) is 27.9. The lowest BCUT2D eigenvalue weighted by Crippen LogP contribution is -2.57. The summed E-state index contributed by atoms with van der Waals surface area (Å²) in [5.74, 6) is 2.27. The van der Waals surface area contributed by atoms with Crippen molar-refractivity contribution < 1.29 is 23.7 Å². The molecule has 0 spiro atoms. The fourth-order valence-electron chi connectivity index (χ4n) is 6.24. The molecule has 1 atom stereocenters. The van der Waals surface area contributed by atoms with Crippen LogP contribution in [0.3, 0.4) is 0 Å². The Morgan fingerprint density at radius 2 is 1.72 bits per heavy atom. The van der Waals surface area contributed by atoms with Gasteiger partial charge < -0.3 is 23.7 Å². The number of ether oxygens (including phenoxy) is 5. The Labute approximate surface area is 232 Å². The number of nitrogens with zero attached hydrogens (tertiary/aromatic N) is 3. The van der Waals surface area contributed by atoms with E-state index in [0.717, 1.165) is 89.0 Å². The fourth-order valence-corrected chi connectivity index (χ4v) is 6.24. The number of hydrogen-bond acceptors (Lipinski definition) is 6. The van der Waals surface area contributed by atoms with Gasteiger partial charge in [0.2, 0.25) is 0 Å². The molecule has 0 amide bonds. The molecule has 3 heterocycles. The van der Waals surface area contributed by atoms with E-state index in [1.54, 1.807) is 21.3 Å². The van der Waals surface area contributed by atoms with Crippen molar-refractivity contribution >= 4 is 11.2 Å². The Kier molecular flexibility index (Phi) is 8.76. The first-order valence-electron chi connectivity index (χ1n) is 14.3. The van der Waals surface area contributed by atoms with Crippen LogP contribution in [0.25, 0.3) is 16.8 Å². The number of methoxy groups -OCH3 is 3. The van der Waals surface area contributed by atoms with E-state index in [0.29, 0.717) is 25.9 Å². The van der Waals surface area contributed by atoms with E-state index < -0.39 is 0 Å². The molecule has 0 bridgehead atoms. The van der Waals surface area contributed by atoms with Gasteiger partial charge in [-0.25, -0.2) is 4.52 Å². The summed E-state index contributed by atoms with van der Waals surface area (Å²) in [6.07, 6.45) is 5.71. The molecule has 1 unspecified atom stereocenters. The van der Waals surface area contributed by atoms with Crippen molar-refractivity contribution in [3.05, 3.63) is 41.6 Å². The summed E-state index contributed by atoms with van der Waals surface area (Å²) >= 11 is 0. The van der Waals surface area contributed by atoms with E-state index in [9.17, 15) is 0 Å². The number of pyridine rings is 1. The molecule has 2 aromatic heterocycles. The molecule has 1 aliphatic carbocycles. The van der Waals surface area contributed by atoms with Crippen LogP contribution < -0.4 is 14.0 Å². The molecule has 212 valence electrons. The van der Waals surface area contributed by atoms with Crippen LogP contribution in [0.1, 0.15) is 43.9 Å². The molecule has 1 aliphatic heterocycles. The minimum absolute atomic E-state index is 0.453. The molecular formula is C31H44N3O5+. The molecule has 2 fully saturated rings.